The zero-order valence-corrected chi connectivity index (χ0v) is 6.86. The van der Waals surface area contributed by atoms with E-state index < -0.39 is 0 Å². The SMILES string of the molecule is CCOC(=S)S.[Cr]. The molecule has 0 spiro atoms. The summed E-state index contributed by atoms with van der Waals surface area (Å²) >= 11 is 8.12. The molecule has 0 rings (SSSR count). The summed E-state index contributed by atoms with van der Waals surface area (Å²) < 4.78 is 4.95. The van der Waals surface area contributed by atoms with Crippen molar-refractivity contribution in [1.82, 2.24) is 0 Å². The Hall–Kier alpha value is 0.772. The number of hydrogen-bond donors (Lipinski definition) is 1. The van der Waals surface area contributed by atoms with E-state index in [1.807, 2.05) is 6.92 Å². The van der Waals surface area contributed by atoms with Gasteiger partial charge in [0.05, 0.1) is 6.61 Å². The average Bonchev–Trinajstić information content (AvgIpc) is 1.35. The molecule has 4 heteroatoms. The van der Waals surface area contributed by atoms with Crippen LogP contribution in [0, 0.1) is 0 Å². The van der Waals surface area contributed by atoms with Crippen molar-refractivity contribution >= 4 is 29.2 Å². The third-order valence-corrected chi connectivity index (χ3v) is 0.515. The van der Waals surface area contributed by atoms with Crippen LogP contribution in [0.5, 0.6) is 0 Å². The molecule has 0 aromatic heterocycles. The molecule has 0 aromatic carbocycles. The van der Waals surface area contributed by atoms with E-state index in [0.29, 0.717) is 11.0 Å². The van der Waals surface area contributed by atoms with Crippen molar-refractivity contribution in [2.24, 2.45) is 0 Å². The van der Waals surface area contributed by atoms with Crippen LogP contribution in [0.15, 0.2) is 0 Å². The molecule has 0 amide bonds. The van der Waals surface area contributed by atoms with Gasteiger partial charge in [-0.25, -0.2) is 0 Å². The van der Waals surface area contributed by atoms with Crippen LogP contribution >= 0.6 is 24.8 Å². The van der Waals surface area contributed by atoms with Gasteiger partial charge >= 0.3 is 0 Å². The summed E-state index contributed by atoms with van der Waals surface area (Å²) in [6.07, 6.45) is 0. The van der Waals surface area contributed by atoms with Crippen LogP contribution in [-0.4, -0.2) is 11.0 Å². The van der Waals surface area contributed by atoms with Crippen LogP contribution in [0.1, 0.15) is 6.92 Å². The molecule has 0 aliphatic carbocycles. The zero-order chi connectivity index (χ0) is 4.99. The molecule has 7 heavy (non-hydrogen) atoms. The molecule has 0 aliphatic heterocycles. The Morgan fingerprint density at radius 2 is 2.29 bits per heavy atom. The van der Waals surface area contributed by atoms with Crippen molar-refractivity contribution < 1.29 is 22.1 Å². The monoisotopic (exact) mass is 174 g/mol. The summed E-state index contributed by atoms with van der Waals surface area (Å²) in [6.45, 7) is 2.48. The second-order valence-corrected chi connectivity index (χ2v) is 1.78. The van der Waals surface area contributed by atoms with Gasteiger partial charge < -0.3 is 4.74 Å². The Balaban J connectivity index is 0. The van der Waals surface area contributed by atoms with E-state index in [-0.39, 0.29) is 17.4 Å². The van der Waals surface area contributed by atoms with E-state index in [1.165, 1.54) is 0 Å². The maximum absolute atomic E-state index is 4.64. The fraction of sp³-hybridized carbons (Fsp3) is 0.667. The van der Waals surface area contributed by atoms with Gasteiger partial charge in [-0.1, -0.05) is 12.6 Å². The molecule has 0 atom stereocenters. The molecule has 0 bridgehead atoms. The van der Waals surface area contributed by atoms with Crippen LogP contribution in [0.25, 0.3) is 0 Å². The third kappa shape index (κ3) is 10.8. The Morgan fingerprint density at radius 3 is 2.29 bits per heavy atom. The Kier molecular flexibility index (Phi) is 10.4. The number of rotatable bonds is 1. The van der Waals surface area contributed by atoms with Crippen molar-refractivity contribution in [2.75, 3.05) is 6.61 Å². The van der Waals surface area contributed by atoms with Crippen molar-refractivity contribution in [3.8, 4) is 0 Å². The van der Waals surface area contributed by atoms with Crippen LogP contribution in [-0.2, 0) is 22.1 Å². The Bertz CT molecular complexity index is 56.9. The zero-order valence-electron chi connectivity index (χ0n) is 3.88. The summed E-state index contributed by atoms with van der Waals surface area (Å²) in [7, 11) is 0. The maximum atomic E-state index is 4.64. The summed E-state index contributed by atoms with van der Waals surface area (Å²) in [4.78, 5) is 0. The Labute approximate surface area is 65.0 Å². The van der Waals surface area contributed by atoms with Crippen molar-refractivity contribution in [2.45, 2.75) is 6.92 Å². The standard InChI is InChI=1S/C3H6OS2.Cr/c1-2-4-3(5)6;/h2H2,1H3,(H,5,6);. The van der Waals surface area contributed by atoms with E-state index in [9.17, 15) is 0 Å². The van der Waals surface area contributed by atoms with E-state index in [2.05, 4.69) is 29.6 Å². The molecule has 42 valence electrons. The molecule has 0 saturated carbocycles. The topological polar surface area (TPSA) is 9.23 Å². The van der Waals surface area contributed by atoms with Gasteiger partial charge in [-0.05, 0) is 19.1 Å². The van der Waals surface area contributed by atoms with Gasteiger partial charge in [-0.3, -0.25) is 0 Å². The van der Waals surface area contributed by atoms with Gasteiger partial charge in [0.2, 0.25) is 4.38 Å². The van der Waals surface area contributed by atoms with Crippen molar-refractivity contribution in [3.63, 3.8) is 0 Å². The van der Waals surface area contributed by atoms with Crippen LogP contribution in [0.2, 0.25) is 0 Å². The van der Waals surface area contributed by atoms with Crippen molar-refractivity contribution in [3.05, 3.63) is 0 Å². The second-order valence-electron chi connectivity index (χ2n) is 0.699. The molecular weight excluding hydrogens is 168 g/mol. The van der Waals surface area contributed by atoms with E-state index >= 15 is 0 Å². The Morgan fingerprint density at radius 1 is 1.86 bits per heavy atom. The van der Waals surface area contributed by atoms with Gasteiger partial charge in [0.25, 0.3) is 0 Å². The first-order valence-corrected chi connectivity index (χ1v) is 2.48. The first-order valence-electron chi connectivity index (χ1n) is 1.63. The quantitative estimate of drug-likeness (QED) is 0.473. The minimum Gasteiger partial charge on any atom is -0.479 e. The number of hydrogen-bond acceptors (Lipinski definition) is 2. The largest absolute Gasteiger partial charge is 0.479 e. The summed E-state index contributed by atoms with van der Waals surface area (Å²) in [5, 5.41) is 0. The first kappa shape index (κ1) is 10.7. The summed E-state index contributed by atoms with van der Waals surface area (Å²) in [5.74, 6) is 0. The molecule has 0 N–H and O–H groups in total. The molecule has 0 saturated heterocycles. The smallest absolute Gasteiger partial charge is 0.216 e. The van der Waals surface area contributed by atoms with Crippen LogP contribution < -0.4 is 0 Å². The number of thiocarbonyl (C=S) groups is 1. The fourth-order valence-corrected chi connectivity index (χ4v) is 0.370. The fourth-order valence-electron chi connectivity index (χ4n) is 0.123. The van der Waals surface area contributed by atoms with E-state index in [1.54, 1.807) is 0 Å². The van der Waals surface area contributed by atoms with E-state index in [0.717, 1.165) is 0 Å². The van der Waals surface area contributed by atoms with Gasteiger partial charge in [0, 0.05) is 17.4 Å². The number of ether oxygens (including phenoxy) is 1. The minimum absolute atomic E-state index is 0. The van der Waals surface area contributed by atoms with Gasteiger partial charge in [0.1, 0.15) is 0 Å². The maximum Gasteiger partial charge on any atom is 0.216 e. The summed E-state index contributed by atoms with van der Waals surface area (Å²) in [6, 6.07) is 0. The predicted molar refractivity (Wildman–Crippen MR) is 33.2 cm³/mol. The molecule has 0 aromatic rings. The normalized spacial score (nSPS) is 6.57. The minimum atomic E-state index is 0. The van der Waals surface area contributed by atoms with Gasteiger partial charge in [0.15, 0.2) is 0 Å². The van der Waals surface area contributed by atoms with Gasteiger partial charge in [-0.2, -0.15) is 0 Å². The van der Waals surface area contributed by atoms with E-state index in [4.69, 9.17) is 0 Å². The molecule has 0 unspecified atom stereocenters. The van der Waals surface area contributed by atoms with Gasteiger partial charge in [-0.15, -0.1) is 0 Å². The predicted octanol–water partition coefficient (Wildman–Crippen LogP) is 1.24. The van der Waals surface area contributed by atoms with Crippen LogP contribution in [0.3, 0.4) is 0 Å². The second kappa shape index (κ2) is 6.77. The molecule has 0 radical (unpaired) electrons. The first-order chi connectivity index (χ1) is 2.77. The third-order valence-electron chi connectivity index (χ3n) is 0.268. The number of thiol groups is 1. The average molecular weight is 174 g/mol. The molecule has 0 aliphatic rings. The van der Waals surface area contributed by atoms with Crippen molar-refractivity contribution in [1.29, 1.82) is 0 Å². The molecule has 0 heterocycles. The molecule has 0 fully saturated rings. The summed E-state index contributed by atoms with van der Waals surface area (Å²) in [5.41, 5.74) is 0. The molecule has 1 nitrogen and oxygen atoms in total. The van der Waals surface area contributed by atoms with Crippen LogP contribution in [0.4, 0.5) is 0 Å². The molecular formula is C3H6CrOS2.